The molecule has 154 valence electrons. The number of nitrogens with zero attached hydrogens (tertiary/aromatic N) is 3. The van der Waals surface area contributed by atoms with Crippen LogP contribution in [0, 0.1) is 0 Å². The number of aromatic nitrogens is 3. The van der Waals surface area contributed by atoms with E-state index in [-0.39, 0.29) is 17.8 Å². The summed E-state index contributed by atoms with van der Waals surface area (Å²) < 4.78 is 13.0. The predicted molar refractivity (Wildman–Crippen MR) is 112 cm³/mol. The first-order valence-electron chi connectivity index (χ1n) is 8.94. The van der Waals surface area contributed by atoms with Gasteiger partial charge in [-0.3, -0.25) is 4.79 Å². The van der Waals surface area contributed by atoms with Crippen molar-refractivity contribution in [2.45, 2.75) is 38.2 Å². The van der Waals surface area contributed by atoms with Gasteiger partial charge in [0, 0.05) is 11.6 Å². The highest BCUT2D eigenvalue weighted by Gasteiger charge is 2.20. The Morgan fingerprint density at radius 3 is 2.86 bits per heavy atom. The van der Waals surface area contributed by atoms with Gasteiger partial charge in [0.2, 0.25) is 5.91 Å². The normalized spacial score (nSPS) is 12.0. The second-order valence-electron chi connectivity index (χ2n) is 6.06. The van der Waals surface area contributed by atoms with Crippen LogP contribution in [0.1, 0.15) is 31.5 Å². The van der Waals surface area contributed by atoms with Crippen molar-refractivity contribution in [3.05, 3.63) is 58.2 Å². The summed E-state index contributed by atoms with van der Waals surface area (Å²) in [5.74, 6) is 1.97. The van der Waals surface area contributed by atoms with E-state index in [2.05, 4.69) is 15.5 Å². The lowest BCUT2D eigenvalue weighted by molar-refractivity contribution is -0.118. The number of thioether (sulfide) groups is 1. The van der Waals surface area contributed by atoms with E-state index in [1.54, 1.807) is 30.5 Å². The van der Waals surface area contributed by atoms with Gasteiger partial charge in [0.05, 0.1) is 23.6 Å². The van der Waals surface area contributed by atoms with Gasteiger partial charge < -0.3 is 19.0 Å². The highest BCUT2D eigenvalue weighted by Crippen LogP contribution is 2.31. The monoisotopic (exact) mass is 454 g/mol. The fourth-order valence-electron chi connectivity index (χ4n) is 2.60. The number of halogens is 2. The molecule has 0 saturated carbocycles. The van der Waals surface area contributed by atoms with E-state index in [0.717, 1.165) is 0 Å². The molecule has 0 spiro atoms. The Kier molecular flexibility index (Phi) is 7.46. The standard InChI is InChI=1S/C19H20Cl2N4O3S/c1-3-25-18(12(2)28-16-7-6-13(20)9-15(16)21)23-24-19(25)29-11-17(26)22-10-14-5-4-8-27-14/h4-9,12H,3,10-11H2,1-2H3,(H,22,26). The summed E-state index contributed by atoms with van der Waals surface area (Å²) in [6.07, 6.45) is 1.19. The van der Waals surface area contributed by atoms with Crippen LogP contribution in [0.15, 0.2) is 46.2 Å². The van der Waals surface area contributed by atoms with Crippen LogP contribution < -0.4 is 10.1 Å². The largest absolute Gasteiger partial charge is 0.481 e. The Morgan fingerprint density at radius 1 is 1.34 bits per heavy atom. The summed E-state index contributed by atoms with van der Waals surface area (Å²) >= 11 is 13.4. The molecule has 0 radical (unpaired) electrons. The number of ether oxygens (including phenoxy) is 1. The molecule has 1 aromatic carbocycles. The van der Waals surface area contributed by atoms with Gasteiger partial charge in [-0.1, -0.05) is 35.0 Å². The van der Waals surface area contributed by atoms with Crippen LogP contribution in [0.2, 0.25) is 10.0 Å². The SMILES string of the molecule is CCn1c(SCC(=O)NCc2ccco2)nnc1C(C)Oc1ccc(Cl)cc1Cl. The van der Waals surface area contributed by atoms with Gasteiger partial charge in [-0.15, -0.1) is 10.2 Å². The molecule has 2 aromatic heterocycles. The lowest BCUT2D eigenvalue weighted by Gasteiger charge is -2.16. The molecule has 1 amide bonds. The minimum Gasteiger partial charge on any atom is -0.481 e. The minimum atomic E-state index is -0.386. The van der Waals surface area contributed by atoms with E-state index in [1.165, 1.54) is 11.8 Å². The topological polar surface area (TPSA) is 82.2 Å². The maximum Gasteiger partial charge on any atom is 0.230 e. The van der Waals surface area contributed by atoms with Crippen molar-refractivity contribution in [1.29, 1.82) is 0 Å². The van der Waals surface area contributed by atoms with Gasteiger partial charge in [0.15, 0.2) is 17.1 Å². The average molecular weight is 455 g/mol. The number of hydrogen-bond donors (Lipinski definition) is 1. The Bertz CT molecular complexity index is 963. The van der Waals surface area contributed by atoms with E-state index in [0.29, 0.717) is 45.6 Å². The first-order chi connectivity index (χ1) is 14.0. The molecule has 2 heterocycles. The zero-order chi connectivity index (χ0) is 20.8. The Labute approximate surface area is 182 Å². The number of carbonyl (C=O) groups is 1. The van der Waals surface area contributed by atoms with Crippen molar-refractivity contribution in [2.24, 2.45) is 0 Å². The molecule has 0 aliphatic carbocycles. The fourth-order valence-corrected chi connectivity index (χ4v) is 3.89. The maximum absolute atomic E-state index is 12.1. The molecule has 10 heteroatoms. The van der Waals surface area contributed by atoms with Gasteiger partial charge in [-0.2, -0.15) is 0 Å². The predicted octanol–water partition coefficient (Wildman–Crippen LogP) is 4.75. The summed E-state index contributed by atoms with van der Waals surface area (Å²) in [4.78, 5) is 12.1. The van der Waals surface area contributed by atoms with Crippen LogP contribution in [0.25, 0.3) is 0 Å². The molecule has 0 aliphatic rings. The number of carbonyl (C=O) groups excluding carboxylic acids is 1. The highest BCUT2D eigenvalue weighted by molar-refractivity contribution is 7.99. The second kappa shape index (κ2) is 10.0. The Balaban J connectivity index is 1.60. The lowest BCUT2D eigenvalue weighted by atomic mass is 10.3. The summed E-state index contributed by atoms with van der Waals surface area (Å²) in [7, 11) is 0. The summed E-state index contributed by atoms with van der Waals surface area (Å²) in [5.41, 5.74) is 0. The number of hydrogen-bond acceptors (Lipinski definition) is 6. The summed E-state index contributed by atoms with van der Waals surface area (Å²) in [6, 6.07) is 8.64. The smallest absolute Gasteiger partial charge is 0.230 e. The van der Waals surface area contributed by atoms with E-state index in [1.807, 2.05) is 24.5 Å². The third-order valence-corrected chi connectivity index (χ3v) is 5.49. The van der Waals surface area contributed by atoms with Crippen LogP contribution in [0.5, 0.6) is 5.75 Å². The van der Waals surface area contributed by atoms with Crippen LogP contribution in [0.3, 0.4) is 0 Å². The van der Waals surface area contributed by atoms with Crippen molar-refractivity contribution in [1.82, 2.24) is 20.1 Å². The number of nitrogens with one attached hydrogen (secondary N) is 1. The lowest BCUT2D eigenvalue weighted by Crippen LogP contribution is -2.24. The van der Waals surface area contributed by atoms with E-state index >= 15 is 0 Å². The third kappa shape index (κ3) is 5.68. The van der Waals surface area contributed by atoms with E-state index in [9.17, 15) is 4.79 Å². The molecule has 0 saturated heterocycles. The molecule has 1 unspecified atom stereocenters. The van der Waals surface area contributed by atoms with E-state index < -0.39 is 0 Å². The number of amides is 1. The van der Waals surface area contributed by atoms with Crippen LogP contribution in [0.4, 0.5) is 0 Å². The third-order valence-electron chi connectivity index (χ3n) is 4.00. The number of benzene rings is 1. The minimum absolute atomic E-state index is 0.115. The van der Waals surface area contributed by atoms with Crippen LogP contribution >= 0.6 is 35.0 Å². The average Bonchev–Trinajstić information content (AvgIpc) is 3.36. The van der Waals surface area contributed by atoms with E-state index in [4.69, 9.17) is 32.4 Å². The molecule has 0 fully saturated rings. The summed E-state index contributed by atoms with van der Waals surface area (Å²) in [6.45, 7) is 4.84. The van der Waals surface area contributed by atoms with Crippen LogP contribution in [-0.4, -0.2) is 26.4 Å². The van der Waals surface area contributed by atoms with Gasteiger partial charge in [-0.25, -0.2) is 0 Å². The molecule has 0 bridgehead atoms. The van der Waals surface area contributed by atoms with Gasteiger partial charge in [0.25, 0.3) is 0 Å². The Hall–Kier alpha value is -2.16. The Morgan fingerprint density at radius 2 is 2.17 bits per heavy atom. The first-order valence-corrected chi connectivity index (χ1v) is 10.7. The van der Waals surface area contributed by atoms with Gasteiger partial charge in [-0.05, 0) is 44.2 Å². The first kappa shape index (κ1) is 21.5. The van der Waals surface area contributed by atoms with Crippen LogP contribution in [-0.2, 0) is 17.9 Å². The van der Waals surface area contributed by atoms with Gasteiger partial charge >= 0.3 is 0 Å². The number of rotatable bonds is 9. The zero-order valence-electron chi connectivity index (χ0n) is 15.9. The molecule has 0 aliphatic heterocycles. The molecule has 29 heavy (non-hydrogen) atoms. The van der Waals surface area contributed by atoms with Crippen molar-refractivity contribution >= 4 is 40.9 Å². The second-order valence-corrected chi connectivity index (χ2v) is 7.85. The molecular formula is C19H20Cl2N4O3S. The zero-order valence-corrected chi connectivity index (χ0v) is 18.2. The van der Waals surface area contributed by atoms with Crippen molar-refractivity contribution in [3.8, 4) is 5.75 Å². The summed E-state index contributed by atoms with van der Waals surface area (Å²) in [5, 5.41) is 12.9. The number of furan rings is 1. The molecule has 3 aromatic rings. The highest BCUT2D eigenvalue weighted by atomic mass is 35.5. The molecule has 7 nitrogen and oxygen atoms in total. The van der Waals surface area contributed by atoms with Crippen molar-refractivity contribution in [3.63, 3.8) is 0 Å². The van der Waals surface area contributed by atoms with Gasteiger partial charge in [0.1, 0.15) is 11.5 Å². The maximum atomic E-state index is 12.1. The quantitative estimate of drug-likeness (QED) is 0.469. The molecular weight excluding hydrogens is 435 g/mol. The molecule has 3 rings (SSSR count). The van der Waals surface area contributed by atoms with Crippen molar-refractivity contribution < 1.29 is 13.9 Å². The molecule has 1 atom stereocenters. The molecule has 1 N–H and O–H groups in total. The van der Waals surface area contributed by atoms with Crippen molar-refractivity contribution in [2.75, 3.05) is 5.75 Å². The fraction of sp³-hybridized carbons (Fsp3) is 0.316.